The Morgan fingerprint density at radius 1 is 1.15 bits per heavy atom. The van der Waals surface area contributed by atoms with Gasteiger partial charge in [0, 0.05) is 10.6 Å². The van der Waals surface area contributed by atoms with Gasteiger partial charge in [0.25, 0.3) is 0 Å². The molecule has 1 aromatic rings. The maximum absolute atomic E-state index is 11.8. The number of nitrogens with two attached hydrogens (primary N) is 1. The van der Waals surface area contributed by atoms with Crippen molar-refractivity contribution >= 4 is 17.4 Å². The molecule has 1 rings (SSSR count). The summed E-state index contributed by atoms with van der Waals surface area (Å²) in [7, 11) is 0. The number of thioether (sulfide) groups is 1. The molecule has 0 saturated carbocycles. The zero-order chi connectivity index (χ0) is 9.90. The molecule has 0 fully saturated rings. The Morgan fingerprint density at radius 3 is 2.15 bits per heavy atom. The van der Waals surface area contributed by atoms with Crippen molar-refractivity contribution < 1.29 is 13.2 Å². The van der Waals surface area contributed by atoms with Crippen molar-refractivity contribution in [2.45, 2.75) is 11.1 Å². The molecule has 0 heterocycles. The van der Waals surface area contributed by atoms with Crippen molar-refractivity contribution in [3.05, 3.63) is 24.3 Å². The van der Waals surface area contributed by atoms with E-state index in [0.29, 0.717) is 10.6 Å². The van der Waals surface area contributed by atoms with Crippen LogP contribution in [0.4, 0.5) is 18.9 Å². The Labute approximate surface area is 78.1 Å². The lowest BCUT2D eigenvalue weighted by molar-refractivity contribution is -0.105. The summed E-state index contributed by atoms with van der Waals surface area (Å²) in [5.74, 6) is -0.864. The van der Waals surface area contributed by atoms with Crippen LogP contribution in [0, 0.1) is 0 Å². The second kappa shape index (κ2) is 3.91. The van der Waals surface area contributed by atoms with Gasteiger partial charge in [-0.05, 0) is 24.3 Å². The fourth-order valence-corrected chi connectivity index (χ4v) is 1.39. The maximum atomic E-state index is 11.8. The van der Waals surface area contributed by atoms with E-state index in [-0.39, 0.29) is 0 Å². The van der Waals surface area contributed by atoms with Crippen molar-refractivity contribution in [1.82, 2.24) is 0 Å². The molecule has 1 nitrogen and oxygen atoms in total. The molecule has 0 unspecified atom stereocenters. The highest BCUT2D eigenvalue weighted by Crippen LogP contribution is 2.27. The Balaban J connectivity index is 2.51. The van der Waals surface area contributed by atoms with E-state index in [2.05, 4.69) is 0 Å². The predicted molar refractivity (Wildman–Crippen MR) is 47.6 cm³/mol. The number of halogens is 3. The first kappa shape index (κ1) is 10.2. The number of rotatable bonds is 2. The lowest BCUT2D eigenvalue weighted by atomic mass is 10.3. The smallest absolute Gasteiger partial charge is 0.398 e. The van der Waals surface area contributed by atoms with E-state index in [1.54, 1.807) is 24.3 Å². The molecule has 1 aromatic carbocycles. The Kier molecular flexibility index (Phi) is 3.08. The molecule has 0 spiro atoms. The molecule has 5 heteroatoms. The van der Waals surface area contributed by atoms with Gasteiger partial charge in [-0.2, -0.15) is 13.2 Å². The second-order valence-corrected chi connectivity index (χ2v) is 3.52. The minimum absolute atomic E-state index is 0.552. The normalized spacial score (nSPS) is 11.6. The Bertz CT molecular complexity index is 268. The zero-order valence-electron chi connectivity index (χ0n) is 6.64. The minimum Gasteiger partial charge on any atom is -0.399 e. The van der Waals surface area contributed by atoms with Crippen LogP contribution in [0.2, 0.25) is 0 Å². The van der Waals surface area contributed by atoms with Gasteiger partial charge in [-0.1, -0.05) is 0 Å². The summed E-state index contributed by atoms with van der Waals surface area (Å²) in [4.78, 5) is 0.575. The first-order valence-corrected chi connectivity index (χ1v) is 4.51. The number of anilines is 1. The van der Waals surface area contributed by atoms with E-state index >= 15 is 0 Å². The van der Waals surface area contributed by atoms with Crippen molar-refractivity contribution in [2.24, 2.45) is 0 Å². The molecule has 2 N–H and O–H groups in total. The first-order valence-electron chi connectivity index (χ1n) is 3.52. The van der Waals surface area contributed by atoms with Gasteiger partial charge in [0.2, 0.25) is 0 Å². The van der Waals surface area contributed by atoms with Gasteiger partial charge in [0.15, 0.2) is 0 Å². The molecule has 0 aliphatic rings. The average molecular weight is 207 g/mol. The van der Waals surface area contributed by atoms with Crippen LogP contribution in [0.3, 0.4) is 0 Å². The third-order valence-corrected chi connectivity index (χ3v) is 2.36. The molecule has 72 valence electrons. The van der Waals surface area contributed by atoms with E-state index in [0.717, 1.165) is 11.8 Å². The summed E-state index contributed by atoms with van der Waals surface area (Å²) >= 11 is 0.756. The number of hydrogen-bond acceptors (Lipinski definition) is 2. The van der Waals surface area contributed by atoms with Gasteiger partial charge in [-0.15, -0.1) is 11.8 Å². The van der Waals surface area contributed by atoms with Gasteiger partial charge in [0.1, 0.15) is 0 Å². The van der Waals surface area contributed by atoms with Crippen molar-refractivity contribution in [3.8, 4) is 0 Å². The highest BCUT2D eigenvalue weighted by molar-refractivity contribution is 7.99. The molecule has 0 amide bonds. The molecular weight excluding hydrogens is 199 g/mol. The summed E-state index contributed by atoms with van der Waals surface area (Å²) in [6.07, 6.45) is -4.12. The van der Waals surface area contributed by atoms with Crippen LogP contribution < -0.4 is 5.73 Å². The number of alkyl halides is 3. The van der Waals surface area contributed by atoms with Gasteiger partial charge < -0.3 is 5.73 Å². The monoisotopic (exact) mass is 207 g/mol. The van der Waals surface area contributed by atoms with Crippen molar-refractivity contribution in [1.29, 1.82) is 0 Å². The quantitative estimate of drug-likeness (QED) is 0.596. The maximum Gasteiger partial charge on any atom is 0.398 e. The predicted octanol–water partition coefficient (Wildman–Crippen LogP) is 2.92. The van der Waals surface area contributed by atoms with E-state index in [1.165, 1.54) is 0 Å². The molecule has 0 aliphatic carbocycles. The lowest BCUT2D eigenvalue weighted by Gasteiger charge is -2.05. The second-order valence-electron chi connectivity index (χ2n) is 2.47. The molecule has 0 saturated heterocycles. The summed E-state index contributed by atoms with van der Waals surface area (Å²) < 4.78 is 35.3. The summed E-state index contributed by atoms with van der Waals surface area (Å²) in [6, 6.07) is 6.31. The SMILES string of the molecule is Nc1ccc(SCC(F)(F)F)cc1. The van der Waals surface area contributed by atoms with Gasteiger partial charge >= 0.3 is 6.18 Å². The van der Waals surface area contributed by atoms with Crippen LogP contribution in [-0.4, -0.2) is 11.9 Å². The molecule has 0 aromatic heterocycles. The van der Waals surface area contributed by atoms with E-state index in [4.69, 9.17) is 5.73 Å². The number of nitrogen functional groups attached to an aromatic ring is 1. The van der Waals surface area contributed by atoms with Crippen LogP contribution in [0.15, 0.2) is 29.2 Å². The highest BCUT2D eigenvalue weighted by Gasteiger charge is 2.26. The third-order valence-electron chi connectivity index (χ3n) is 1.28. The van der Waals surface area contributed by atoms with E-state index in [1.807, 2.05) is 0 Å². The Hall–Kier alpha value is -0.840. The standard InChI is InChI=1S/C8H8F3NS/c9-8(10,11)5-13-7-3-1-6(12)2-4-7/h1-4H,5,12H2. The van der Waals surface area contributed by atoms with Gasteiger partial charge in [0.05, 0.1) is 5.75 Å². The third kappa shape index (κ3) is 4.07. The highest BCUT2D eigenvalue weighted by atomic mass is 32.2. The summed E-state index contributed by atoms with van der Waals surface area (Å²) in [5.41, 5.74) is 5.93. The van der Waals surface area contributed by atoms with Crippen LogP contribution in [0.5, 0.6) is 0 Å². The largest absolute Gasteiger partial charge is 0.399 e. The molecular formula is C8H8F3NS. The van der Waals surface area contributed by atoms with Crippen molar-refractivity contribution in [3.63, 3.8) is 0 Å². The topological polar surface area (TPSA) is 26.0 Å². The summed E-state index contributed by atoms with van der Waals surface area (Å²) in [5, 5.41) is 0. The van der Waals surface area contributed by atoms with Gasteiger partial charge in [-0.25, -0.2) is 0 Å². The zero-order valence-corrected chi connectivity index (χ0v) is 7.45. The Morgan fingerprint density at radius 2 is 1.69 bits per heavy atom. The minimum atomic E-state index is -4.12. The van der Waals surface area contributed by atoms with E-state index in [9.17, 15) is 13.2 Å². The molecule has 0 radical (unpaired) electrons. The van der Waals surface area contributed by atoms with E-state index < -0.39 is 11.9 Å². The van der Waals surface area contributed by atoms with Gasteiger partial charge in [-0.3, -0.25) is 0 Å². The van der Waals surface area contributed by atoms with Crippen LogP contribution >= 0.6 is 11.8 Å². The number of hydrogen-bond donors (Lipinski definition) is 1. The van der Waals surface area contributed by atoms with Crippen LogP contribution in [-0.2, 0) is 0 Å². The van der Waals surface area contributed by atoms with Crippen LogP contribution in [0.25, 0.3) is 0 Å². The molecule has 13 heavy (non-hydrogen) atoms. The summed E-state index contributed by atoms with van der Waals surface area (Å²) in [6.45, 7) is 0. The van der Waals surface area contributed by atoms with Crippen molar-refractivity contribution in [2.75, 3.05) is 11.5 Å². The fraction of sp³-hybridized carbons (Fsp3) is 0.250. The molecule has 0 bridgehead atoms. The molecule has 0 aliphatic heterocycles. The number of benzene rings is 1. The average Bonchev–Trinajstić information content (AvgIpc) is 2.02. The lowest BCUT2D eigenvalue weighted by Crippen LogP contribution is -2.10. The first-order chi connectivity index (χ1) is 5.97. The van der Waals surface area contributed by atoms with Crippen LogP contribution in [0.1, 0.15) is 0 Å². The fourth-order valence-electron chi connectivity index (χ4n) is 0.729. The molecule has 0 atom stereocenters.